The Morgan fingerprint density at radius 2 is 1.71 bits per heavy atom. The normalized spacial score (nSPS) is 32.7. The maximum atomic E-state index is 10.7. The molecule has 0 aliphatic carbocycles. The van der Waals surface area contributed by atoms with Crippen LogP contribution in [0.25, 0.3) is 0 Å². The fraction of sp³-hybridized carbons (Fsp3) is 0.462. The van der Waals surface area contributed by atoms with Crippen LogP contribution in [0.15, 0.2) is 24.3 Å². The minimum Gasteiger partial charge on any atom is -0.478 e. The first-order chi connectivity index (χ1) is 9.93. The van der Waals surface area contributed by atoms with Crippen molar-refractivity contribution in [2.45, 2.75) is 30.6 Å². The summed E-state index contributed by atoms with van der Waals surface area (Å²) in [6.07, 6.45) is -6.33. The molecule has 1 aromatic rings. The molecule has 8 nitrogen and oxygen atoms in total. The van der Waals surface area contributed by atoms with Gasteiger partial charge in [-0.3, -0.25) is 0 Å². The second kappa shape index (κ2) is 6.37. The van der Waals surface area contributed by atoms with Crippen LogP contribution in [-0.4, -0.2) is 68.8 Å². The zero-order valence-corrected chi connectivity index (χ0v) is 11.0. The van der Waals surface area contributed by atoms with Gasteiger partial charge in [0.1, 0.15) is 24.4 Å². The van der Waals surface area contributed by atoms with E-state index < -0.39 is 43.2 Å². The molecular formula is C13H17NO7. The van der Waals surface area contributed by atoms with Gasteiger partial charge in [0.25, 0.3) is 0 Å². The maximum Gasteiger partial charge on any atom is 0.335 e. The van der Waals surface area contributed by atoms with E-state index in [9.17, 15) is 20.1 Å². The zero-order chi connectivity index (χ0) is 15.6. The van der Waals surface area contributed by atoms with Crippen molar-refractivity contribution in [3.8, 4) is 0 Å². The molecule has 116 valence electrons. The Kier molecular flexibility index (Phi) is 4.76. The first kappa shape index (κ1) is 15.7. The van der Waals surface area contributed by atoms with E-state index in [1.54, 1.807) is 0 Å². The first-order valence-corrected chi connectivity index (χ1v) is 6.34. The number of ether oxygens (including phenoxy) is 1. The highest BCUT2D eigenvalue weighted by molar-refractivity contribution is 5.87. The van der Waals surface area contributed by atoms with E-state index in [0.717, 1.165) is 0 Å². The molecule has 2 rings (SSSR count). The number of carboxylic acids is 1. The SMILES string of the molecule is O=C(O)c1ccc(N[C@@H]2O[C@H](CO)[C@H](O)[C@@H](O)[C@H]2O)cc1. The van der Waals surface area contributed by atoms with Gasteiger partial charge in [-0.25, -0.2) is 4.79 Å². The predicted octanol–water partition coefficient (Wildman–Crippen LogP) is -1.40. The number of rotatable bonds is 4. The number of aliphatic hydroxyl groups is 4. The van der Waals surface area contributed by atoms with E-state index in [-0.39, 0.29) is 5.56 Å². The second-order valence-electron chi connectivity index (χ2n) is 4.78. The number of carboxylic acid groups (broad SMARTS) is 1. The summed E-state index contributed by atoms with van der Waals surface area (Å²) in [6.45, 7) is -0.513. The number of anilines is 1. The van der Waals surface area contributed by atoms with Gasteiger partial charge in [0.15, 0.2) is 6.23 Å². The van der Waals surface area contributed by atoms with Gasteiger partial charge in [-0.15, -0.1) is 0 Å². The van der Waals surface area contributed by atoms with Gasteiger partial charge in [-0.1, -0.05) is 0 Å². The third-order valence-electron chi connectivity index (χ3n) is 3.33. The van der Waals surface area contributed by atoms with Gasteiger partial charge < -0.3 is 35.6 Å². The summed E-state index contributed by atoms with van der Waals surface area (Å²) in [5.41, 5.74) is 0.568. The summed E-state index contributed by atoms with van der Waals surface area (Å²) in [6, 6.07) is 5.69. The van der Waals surface area contributed by atoms with E-state index in [2.05, 4.69) is 5.32 Å². The Bertz CT molecular complexity index is 490. The Labute approximate surface area is 120 Å². The summed E-state index contributed by atoms with van der Waals surface area (Å²) in [4.78, 5) is 10.7. The number of carbonyl (C=O) groups is 1. The van der Waals surface area contributed by atoms with E-state index in [1.165, 1.54) is 24.3 Å². The summed E-state index contributed by atoms with van der Waals surface area (Å²) < 4.78 is 5.27. The van der Waals surface area contributed by atoms with Crippen LogP contribution in [0.2, 0.25) is 0 Å². The van der Waals surface area contributed by atoms with Crippen molar-refractivity contribution < 1.29 is 35.1 Å². The second-order valence-corrected chi connectivity index (χ2v) is 4.78. The molecular weight excluding hydrogens is 282 g/mol. The summed E-state index contributed by atoms with van der Waals surface area (Å²) >= 11 is 0. The van der Waals surface area contributed by atoms with Crippen LogP contribution in [0.4, 0.5) is 5.69 Å². The minimum absolute atomic E-state index is 0.106. The molecule has 1 heterocycles. The number of nitrogens with one attached hydrogen (secondary N) is 1. The van der Waals surface area contributed by atoms with Gasteiger partial charge in [-0.05, 0) is 24.3 Å². The van der Waals surface area contributed by atoms with Crippen molar-refractivity contribution >= 4 is 11.7 Å². The number of hydrogen-bond donors (Lipinski definition) is 6. The molecule has 1 saturated heterocycles. The highest BCUT2D eigenvalue weighted by Gasteiger charge is 2.43. The smallest absolute Gasteiger partial charge is 0.335 e. The Morgan fingerprint density at radius 1 is 1.10 bits per heavy atom. The number of benzene rings is 1. The van der Waals surface area contributed by atoms with E-state index in [4.69, 9.17) is 14.9 Å². The molecule has 0 spiro atoms. The summed E-state index contributed by atoms with van der Waals surface area (Å²) in [5.74, 6) is -1.06. The van der Waals surface area contributed by atoms with Crippen LogP contribution in [0.3, 0.4) is 0 Å². The van der Waals surface area contributed by atoms with Gasteiger partial charge in [0, 0.05) is 5.69 Å². The minimum atomic E-state index is -1.47. The lowest BCUT2D eigenvalue weighted by Crippen LogP contribution is -2.60. The quantitative estimate of drug-likeness (QED) is 0.399. The van der Waals surface area contributed by atoms with Crippen LogP contribution < -0.4 is 5.32 Å². The fourth-order valence-electron chi connectivity index (χ4n) is 2.09. The molecule has 0 aromatic heterocycles. The lowest BCUT2D eigenvalue weighted by Gasteiger charge is -2.40. The molecule has 0 bridgehead atoms. The van der Waals surface area contributed by atoms with E-state index >= 15 is 0 Å². The first-order valence-electron chi connectivity index (χ1n) is 6.34. The van der Waals surface area contributed by atoms with E-state index in [0.29, 0.717) is 5.69 Å². The van der Waals surface area contributed by atoms with Crippen LogP contribution in [0, 0.1) is 0 Å². The molecule has 1 aromatic carbocycles. The average molecular weight is 299 g/mol. The Balaban J connectivity index is 2.08. The van der Waals surface area contributed by atoms with Crippen molar-refractivity contribution in [1.82, 2.24) is 0 Å². The van der Waals surface area contributed by atoms with Gasteiger partial charge >= 0.3 is 5.97 Å². The van der Waals surface area contributed by atoms with E-state index in [1.807, 2.05) is 0 Å². The molecule has 1 aliphatic heterocycles. The zero-order valence-electron chi connectivity index (χ0n) is 11.0. The topological polar surface area (TPSA) is 139 Å². The number of aromatic carboxylic acids is 1. The Morgan fingerprint density at radius 3 is 2.24 bits per heavy atom. The molecule has 1 fully saturated rings. The lowest BCUT2D eigenvalue weighted by molar-refractivity contribution is -0.221. The maximum absolute atomic E-state index is 10.7. The number of hydrogen-bond acceptors (Lipinski definition) is 7. The monoisotopic (exact) mass is 299 g/mol. The molecule has 0 radical (unpaired) electrons. The largest absolute Gasteiger partial charge is 0.478 e. The molecule has 0 saturated carbocycles. The fourth-order valence-corrected chi connectivity index (χ4v) is 2.09. The third-order valence-corrected chi connectivity index (χ3v) is 3.33. The van der Waals surface area contributed by atoms with Crippen LogP contribution in [-0.2, 0) is 4.74 Å². The van der Waals surface area contributed by atoms with Gasteiger partial charge in [0.2, 0.25) is 0 Å². The van der Waals surface area contributed by atoms with Crippen molar-refractivity contribution in [1.29, 1.82) is 0 Å². The highest BCUT2D eigenvalue weighted by atomic mass is 16.6. The van der Waals surface area contributed by atoms with Crippen LogP contribution in [0.5, 0.6) is 0 Å². The predicted molar refractivity (Wildman–Crippen MR) is 70.8 cm³/mol. The molecule has 8 heteroatoms. The van der Waals surface area contributed by atoms with Crippen molar-refractivity contribution in [3.05, 3.63) is 29.8 Å². The molecule has 0 unspecified atom stereocenters. The molecule has 5 atom stereocenters. The lowest BCUT2D eigenvalue weighted by atomic mass is 9.98. The average Bonchev–Trinajstić information content (AvgIpc) is 2.48. The van der Waals surface area contributed by atoms with Crippen molar-refractivity contribution in [2.24, 2.45) is 0 Å². The molecule has 6 N–H and O–H groups in total. The molecule has 1 aliphatic rings. The third kappa shape index (κ3) is 3.31. The Hall–Kier alpha value is -1.71. The highest BCUT2D eigenvalue weighted by Crippen LogP contribution is 2.23. The van der Waals surface area contributed by atoms with Gasteiger partial charge in [-0.2, -0.15) is 0 Å². The van der Waals surface area contributed by atoms with Crippen LogP contribution >= 0.6 is 0 Å². The number of aliphatic hydroxyl groups excluding tert-OH is 4. The van der Waals surface area contributed by atoms with Crippen molar-refractivity contribution in [2.75, 3.05) is 11.9 Å². The molecule has 0 amide bonds. The summed E-state index contributed by atoms with van der Waals surface area (Å²) in [7, 11) is 0. The van der Waals surface area contributed by atoms with Crippen LogP contribution in [0.1, 0.15) is 10.4 Å². The standard InChI is InChI=1S/C13H17NO7/c15-5-8-9(16)10(17)11(18)12(21-8)14-7-3-1-6(2-4-7)13(19)20/h1-4,8-12,14-18H,5H2,(H,19,20)/t8-,9+,10-,11-,12-/m1/s1. The summed E-state index contributed by atoms with van der Waals surface area (Å²) in [5, 5.41) is 49.8. The molecule has 21 heavy (non-hydrogen) atoms. The van der Waals surface area contributed by atoms with Gasteiger partial charge in [0.05, 0.1) is 12.2 Å². The van der Waals surface area contributed by atoms with Crippen molar-refractivity contribution in [3.63, 3.8) is 0 Å².